The second-order valence-electron chi connectivity index (χ2n) is 4.56. The fraction of sp³-hybridized carbons (Fsp3) is 0.462. The predicted octanol–water partition coefficient (Wildman–Crippen LogP) is 3.34. The molecule has 1 N–H and O–H groups in total. The first-order valence-electron chi connectivity index (χ1n) is 5.63. The summed E-state index contributed by atoms with van der Waals surface area (Å²) in [6, 6.07) is 6.25. The van der Waals surface area contributed by atoms with Crippen LogP contribution >= 0.6 is 11.3 Å². The van der Waals surface area contributed by atoms with Gasteiger partial charge in [-0.15, -0.1) is 11.3 Å². The van der Waals surface area contributed by atoms with Crippen molar-refractivity contribution < 1.29 is 5.11 Å². The molecule has 0 aliphatic heterocycles. The van der Waals surface area contributed by atoms with Gasteiger partial charge in [0, 0.05) is 5.92 Å². The number of nitrogens with zero attached hydrogens (tertiary/aromatic N) is 1. The Balaban J connectivity index is 2.38. The molecule has 1 unspecified atom stereocenters. The quantitative estimate of drug-likeness (QED) is 0.885. The van der Waals surface area contributed by atoms with E-state index in [0.29, 0.717) is 12.3 Å². The lowest BCUT2D eigenvalue weighted by atomic mass is 10.1. The molecule has 0 bridgehead atoms. The number of rotatable bonds is 3. The Labute approximate surface area is 100.0 Å². The zero-order valence-electron chi connectivity index (χ0n) is 9.90. The maximum absolute atomic E-state index is 9.36. The van der Waals surface area contributed by atoms with Gasteiger partial charge < -0.3 is 5.11 Å². The summed E-state index contributed by atoms with van der Waals surface area (Å²) in [7, 11) is 0. The highest BCUT2D eigenvalue weighted by Gasteiger charge is 2.08. The van der Waals surface area contributed by atoms with Gasteiger partial charge in [-0.1, -0.05) is 19.9 Å². The van der Waals surface area contributed by atoms with E-state index in [4.69, 9.17) is 0 Å². The van der Waals surface area contributed by atoms with Crippen LogP contribution in [0.3, 0.4) is 0 Å². The first-order valence-corrected chi connectivity index (χ1v) is 6.45. The van der Waals surface area contributed by atoms with Crippen LogP contribution in [0.25, 0.3) is 10.2 Å². The van der Waals surface area contributed by atoms with Crippen LogP contribution in [0.5, 0.6) is 0 Å². The van der Waals surface area contributed by atoms with Gasteiger partial charge in [0.25, 0.3) is 0 Å². The van der Waals surface area contributed by atoms with Crippen LogP contribution in [0.2, 0.25) is 0 Å². The molecule has 0 fully saturated rings. The molecule has 0 radical (unpaired) electrons. The first-order chi connectivity index (χ1) is 7.56. The summed E-state index contributed by atoms with van der Waals surface area (Å²) in [4.78, 5) is 4.59. The average molecular weight is 235 g/mol. The molecule has 1 atom stereocenters. The van der Waals surface area contributed by atoms with Crippen LogP contribution in [0.15, 0.2) is 18.2 Å². The maximum Gasteiger partial charge on any atom is 0.0963 e. The maximum atomic E-state index is 9.36. The van der Waals surface area contributed by atoms with Gasteiger partial charge in [0.05, 0.1) is 21.3 Å². The molecule has 2 aromatic rings. The van der Waals surface area contributed by atoms with Crippen molar-refractivity contribution in [3.05, 3.63) is 28.8 Å². The van der Waals surface area contributed by atoms with Crippen molar-refractivity contribution in [1.29, 1.82) is 0 Å². The zero-order valence-corrected chi connectivity index (χ0v) is 10.7. The van der Waals surface area contributed by atoms with Gasteiger partial charge in [-0.05, 0) is 31.0 Å². The molecule has 1 aromatic heterocycles. The molecule has 2 rings (SSSR count). The van der Waals surface area contributed by atoms with Crippen LogP contribution in [0.4, 0.5) is 0 Å². The number of fused-ring (bicyclic) bond motifs is 1. The van der Waals surface area contributed by atoms with Crippen molar-refractivity contribution in [2.24, 2.45) is 0 Å². The summed E-state index contributed by atoms with van der Waals surface area (Å²) < 4.78 is 1.22. The summed E-state index contributed by atoms with van der Waals surface area (Å²) in [5.74, 6) is 0.484. The van der Waals surface area contributed by atoms with E-state index in [9.17, 15) is 5.11 Å². The summed E-state index contributed by atoms with van der Waals surface area (Å²) in [6.07, 6.45) is 0.431. The number of thiazole rings is 1. The fourth-order valence-electron chi connectivity index (χ4n) is 1.70. The molecule has 0 aliphatic rings. The zero-order chi connectivity index (χ0) is 11.7. The average Bonchev–Trinajstić information content (AvgIpc) is 2.59. The highest BCUT2D eigenvalue weighted by atomic mass is 32.1. The van der Waals surface area contributed by atoms with Gasteiger partial charge >= 0.3 is 0 Å². The minimum Gasteiger partial charge on any atom is -0.393 e. The molecule has 1 heterocycles. The Morgan fingerprint density at radius 1 is 1.31 bits per heavy atom. The molecule has 0 amide bonds. The van der Waals surface area contributed by atoms with Crippen molar-refractivity contribution in [1.82, 2.24) is 4.98 Å². The van der Waals surface area contributed by atoms with Crippen molar-refractivity contribution in [3.8, 4) is 0 Å². The number of hydrogen-bond acceptors (Lipinski definition) is 3. The molecule has 0 saturated heterocycles. The number of aliphatic hydroxyl groups excluding tert-OH is 1. The normalized spacial score (nSPS) is 13.6. The molecule has 1 aromatic carbocycles. The molecule has 3 heteroatoms. The molecular weight excluding hydrogens is 218 g/mol. The third-order valence-electron chi connectivity index (χ3n) is 2.49. The molecule has 16 heavy (non-hydrogen) atoms. The van der Waals surface area contributed by atoms with E-state index < -0.39 is 0 Å². The van der Waals surface area contributed by atoms with Gasteiger partial charge in [0.2, 0.25) is 0 Å². The van der Waals surface area contributed by atoms with Gasteiger partial charge in [-0.3, -0.25) is 0 Å². The Morgan fingerprint density at radius 2 is 2.06 bits per heavy atom. The number of aromatic nitrogens is 1. The lowest BCUT2D eigenvalue weighted by Crippen LogP contribution is -2.03. The Morgan fingerprint density at radius 3 is 2.69 bits per heavy atom. The summed E-state index contributed by atoms with van der Waals surface area (Å²) in [6.45, 7) is 6.14. The van der Waals surface area contributed by atoms with Crippen LogP contribution in [-0.4, -0.2) is 16.2 Å². The van der Waals surface area contributed by atoms with Gasteiger partial charge in [-0.2, -0.15) is 0 Å². The summed E-state index contributed by atoms with van der Waals surface area (Å²) in [5, 5.41) is 10.5. The Kier molecular flexibility index (Phi) is 3.26. The summed E-state index contributed by atoms with van der Waals surface area (Å²) >= 11 is 1.75. The monoisotopic (exact) mass is 235 g/mol. The van der Waals surface area contributed by atoms with E-state index in [2.05, 4.69) is 37.0 Å². The molecule has 2 nitrogen and oxygen atoms in total. The van der Waals surface area contributed by atoms with E-state index in [1.165, 1.54) is 15.3 Å². The second kappa shape index (κ2) is 4.52. The lowest BCUT2D eigenvalue weighted by molar-refractivity contribution is 0.195. The number of hydrogen-bond donors (Lipinski definition) is 1. The van der Waals surface area contributed by atoms with Gasteiger partial charge in [0.1, 0.15) is 0 Å². The predicted molar refractivity (Wildman–Crippen MR) is 69.1 cm³/mol. The van der Waals surface area contributed by atoms with Crippen LogP contribution in [0, 0.1) is 0 Å². The minimum absolute atomic E-state index is 0.282. The minimum atomic E-state index is -0.282. The van der Waals surface area contributed by atoms with E-state index in [0.717, 1.165) is 5.52 Å². The second-order valence-corrected chi connectivity index (χ2v) is 5.62. The lowest BCUT2D eigenvalue weighted by Gasteiger charge is -2.03. The topological polar surface area (TPSA) is 33.1 Å². The summed E-state index contributed by atoms with van der Waals surface area (Å²) in [5.41, 5.74) is 2.25. The third kappa shape index (κ3) is 2.42. The van der Waals surface area contributed by atoms with Crippen LogP contribution < -0.4 is 0 Å². The molecule has 0 saturated carbocycles. The molecule has 0 aliphatic carbocycles. The number of benzene rings is 1. The van der Waals surface area contributed by atoms with E-state index in [1.54, 1.807) is 11.3 Å². The standard InChI is InChI=1S/C13H17NOS/c1-8(2)13-14-11-5-4-10(6-9(3)15)7-12(11)16-13/h4-5,7-9,15H,6H2,1-3H3. The van der Waals surface area contributed by atoms with Crippen LogP contribution in [-0.2, 0) is 6.42 Å². The van der Waals surface area contributed by atoms with Crippen molar-refractivity contribution >= 4 is 21.6 Å². The van der Waals surface area contributed by atoms with E-state index >= 15 is 0 Å². The molecular formula is C13H17NOS. The number of aliphatic hydroxyl groups is 1. The van der Waals surface area contributed by atoms with Gasteiger partial charge in [-0.25, -0.2) is 4.98 Å². The Bertz CT molecular complexity index is 488. The van der Waals surface area contributed by atoms with Crippen LogP contribution in [0.1, 0.15) is 37.3 Å². The van der Waals surface area contributed by atoms with Crippen molar-refractivity contribution in [2.45, 2.75) is 39.2 Å². The van der Waals surface area contributed by atoms with Gasteiger partial charge in [0.15, 0.2) is 0 Å². The highest BCUT2D eigenvalue weighted by molar-refractivity contribution is 7.18. The molecule has 86 valence electrons. The largest absolute Gasteiger partial charge is 0.393 e. The first kappa shape index (κ1) is 11.6. The van der Waals surface area contributed by atoms with E-state index in [1.807, 2.05) is 6.92 Å². The highest BCUT2D eigenvalue weighted by Crippen LogP contribution is 2.28. The van der Waals surface area contributed by atoms with Crippen molar-refractivity contribution in [3.63, 3.8) is 0 Å². The smallest absolute Gasteiger partial charge is 0.0963 e. The third-order valence-corrected chi connectivity index (χ3v) is 3.81. The SMILES string of the molecule is CC(O)Cc1ccc2nc(C(C)C)sc2c1. The fourth-order valence-corrected chi connectivity index (χ4v) is 2.74. The Hall–Kier alpha value is -0.930. The molecule has 0 spiro atoms. The van der Waals surface area contributed by atoms with Crippen molar-refractivity contribution in [2.75, 3.05) is 0 Å². The van der Waals surface area contributed by atoms with E-state index in [-0.39, 0.29) is 6.10 Å².